The molecule has 17 heteroatoms. The fraction of sp³-hybridized carbons (Fsp3) is 0.350. The Kier molecular flexibility index (Phi) is 22.7. The molecule has 0 aliphatic rings. The molecular weight excluding hydrogens is 904 g/mol. The number of pyridine rings is 2. The Morgan fingerprint density at radius 1 is 0.684 bits per heavy atom. The van der Waals surface area contributed by atoms with Gasteiger partial charge in [-0.15, -0.1) is 11.6 Å². The smallest absolute Gasteiger partial charge is 0.254 e. The van der Waals surface area contributed by atoms with Crippen molar-refractivity contribution in [3.05, 3.63) is 117 Å². The van der Waals surface area contributed by atoms with E-state index in [1.807, 2.05) is 6.92 Å². The van der Waals surface area contributed by atoms with E-state index in [1.165, 1.54) is 18.3 Å². The molecule has 0 unspecified atom stereocenters. The first-order valence-electron chi connectivity index (χ1n) is 17.9. The third-order valence-electron chi connectivity index (χ3n) is 7.94. The highest BCUT2D eigenvalue weighted by molar-refractivity contribution is 9.10. The highest BCUT2D eigenvalue weighted by Gasteiger charge is 2.24. The van der Waals surface area contributed by atoms with Crippen LogP contribution in [0.25, 0.3) is 0 Å². The Morgan fingerprint density at radius 2 is 1.11 bits per heavy atom. The molecule has 308 valence electrons. The second-order valence-electron chi connectivity index (χ2n) is 12.2. The van der Waals surface area contributed by atoms with Crippen LogP contribution in [0.1, 0.15) is 85.9 Å². The second kappa shape index (κ2) is 26.5. The average molecular weight is 947 g/mol. The van der Waals surface area contributed by atoms with E-state index in [4.69, 9.17) is 21.4 Å². The Hall–Kier alpha value is -4.41. The van der Waals surface area contributed by atoms with Crippen LogP contribution in [-0.4, -0.2) is 63.0 Å². The molecular formula is C40H43Br2ClF4N4O6. The zero-order valence-electron chi connectivity index (χ0n) is 31.2. The van der Waals surface area contributed by atoms with E-state index < -0.39 is 65.1 Å². The first-order valence-corrected chi connectivity index (χ1v) is 20.0. The standard InChI is InChI=1S/C20H21BrF2N2O3.C14H18BrClN2O2.C6H4F2O/c1-2-3-4-10-16(25-20(27)13-7-6-11-24-19(13)21)17(26)12-28-18-14(22)8-5-9-15(18)23;1-2-3-4-7-11(12(19)9-16)18-14(20)10-6-5-8-17-13(10)15;7-4-2-1-3-5(8)6(4)9/h5-9,11,16H,2-4,10,12H2,1H3,(H,25,27);5-6,8,11H,2-4,7,9H2,1H3,(H,18,20);1-3,9H/t16-;11-;/m00./s1. The molecule has 4 rings (SSSR count). The number of benzene rings is 2. The summed E-state index contributed by atoms with van der Waals surface area (Å²) in [4.78, 5) is 57.0. The number of carbonyl (C=O) groups is 4. The summed E-state index contributed by atoms with van der Waals surface area (Å²) in [6.45, 7) is 3.55. The number of ketones is 2. The first-order chi connectivity index (χ1) is 27.2. The number of amides is 2. The van der Waals surface area contributed by atoms with E-state index in [0.29, 0.717) is 27.6 Å². The van der Waals surface area contributed by atoms with Gasteiger partial charge in [0.25, 0.3) is 11.8 Å². The van der Waals surface area contributed by atoms with Gasteiger partial charge in [-0.05, 0) is 93.2 Å². The molecule has 0 radical (unpaired) electrons. The molecule has 2 amide bonds. The molecule has 2 heterocycles. The molecule has 3 N–H and O–H groups in total. The topological polar surface area (TPSA) is 148 Å². The normalized spacial score (nSPS) is 11.5. The predicted molar refractivity (Wildman–Crippen MR) is 215 cm³/mol. The number of aromatic nitrogens is 2. The third-order valence-corrected chi connectivity index (χ3v) is 9.46. The Bertz CT molecular complexity index is 1890. The number of ether oxygens (including phenoxy) is 1. The fourth-order valence-corrected chi connectivity index (χ4v) is 5.90. The van der Waals surface area contributed by atoms with Gasteiger partial charge in [0.15, 0.2) is 46.3 Å². The lowest BCUT2D eigenvalue weighted by molar-refractivity contribution is -0.123. The molecule has 0 spiro atoms. The highest BCUT2D eigenvalue weighted by Crippen LogP contribution is 2.22. The number of hydrogen-bond acceptors (Lipinski definition) is 8. The van der Waals surface area contributed by atoms with Gasteiger partial charge < -0.3 is 20.5 Å². The van der Waals surface area contributed by atoms with Crippen molar-refractivity contribution < 1.29 is 46.6 Å². The monoisotopic (exact) mass is 944 g/mol. The second-order valence-corrected chi connectivity index (χ2v) is 14.0. The van der Waals surface area contributed by atoms with Crippen molar-refractivity contribution in [2.24, 2.45) is 0 Å². The first kappa shape index (κ1) is 48.7. The number of para-hydroxylation sites is 2. The lowest BCUT2D eigenvalue weighted by Crippen LogP contribution is -2.43. The van der Waals surface area contributed by atoms with Gasteiger partial charge in [-0.2, -0.15) is 0 Å². The van der Waals surface area contributed by atoms with Crippen LogP contribution in [-0.2, 0) is 9.59 Å². The van der Waals surface area contributed by atoms with E-state index in [9.17, 15) is 36.7 Å². The molecule has 0 bridgehead atoms. The van der Waals surface area contributed by atoms with Crippen LogP contribution in [0.3, 0.4) is 0 Å². The van der Waals surface area contributed by atoms with Crippen LogP contribution in [0.5, 0.6) is 11.5 Å². The van der Waals surface area contributed by atoms with Crippen molar-refractivity contribution >= 4 is 66.8 Å². The molecule has 0 fully saturated rings. The zero-order valence-corrected chi connectivity index (χ0v) is 35.1. The molecule has 0 aliphatic carbocycles. The van der Waals surface area contributed by atoms with Crippen LogP contribution >= 0.6 is 43.5 Å². The number of aromatic hydroxyl groups is 1. The van der Waals surface area contributed by atoms with E-state index in [1.54, 1.807) is 30.5 Å². The van der Waals surface area contributed by atoms with E-state index >= 15 is 0 Å². The van der Waals surface area contributed by atoms with Crippen LogP contribution in [0, 0.1) is 23.3 Å². The minimum atomic E-state index is -0.935. The van der Waals surface area contributed by atoms with Gasteiger partial charge in [0.05, 0.1) is 29.1 Å². The van der Waals surface area contributed by atoms with Crippen molar-refractivity contribution in [2.75, 3.05) is 12.5 Å². The summed E-state index contributed by atoms with van der Waals surface area (Å²) < 4.78 is 57.4. The molecule has 2 aromatic heterocycles. The number of rotatable bonds is 18. The van der Waals surface area contributed by atoms with Crippen LogP contribution in [0.2, 0.25) is 0 Å². The third kappa shape index (κ3) is 16.9. The average Bonchev–Trinajstić information content (AvgIpc) is 3.19. The van der Waals surface area contributed by atoms with E-state index in [0.717, 1.165) is 62.8 Å². The molecule has 10 nitrogen and oxygen atoms in total. The number of unbranched alkanes of at least 4 members (excludes halogenated alkanes) is 4. The van der Waals surface area contributed by atoms with Gasteiger partial charge in [-0.3, -0.25) is 19.2 Å². The number of Topliss-reactive ketones (excluding diaryl/α,β-unsaturated/α-hetero) is 2. The van der Waals surface area contributed by atoms with Crippen molar-refractivity contribution in [2.45, 2.75) is 77.3 Å². The van der Waals surface area contributed by atoms with Gasteiger partial charge in [0.1, 0.15) is 15.8 Å². The minimum absolute atomic E-state index is 0.0920. The maximum absolute atomic E-state index is 13.7. The Balaban J connectivity index is 0.000000334. The van der Waals surface area contributed by atoms with E-state index in [-0.39, 0.29) is 23.1 Å². The number of phenolic OH excluding ortho intramolecular Hbond substituents is 1. The summed E-state index contributed by atoms with van der Waals surface area (Å²) in [7, 11) is 0. The highest BCUT2D eigenvalue weighted by atomic mass is 79.9. The minimum Gasteiger partial charge on any atom is -0.503 e. The molecule has 0 saturated carbocycles. The zero-order chi connectivity index (χ0) is 42.3. The Labute approximate surface area is 350 Å². The van der Waals surface area contributed by atoms with Crippen molar-refractivity contribution in [3.8, 4) is 11.5 Å². The summed E-state index contributed by atoms with van der Waals surface area (Å²) in [6.07, 6.45) is 9.66. The van der Waals surface area contributed by atoms with Gasteiger partial charge in [0, 0.05) is 12.4 Å². The quantitative estimate of drug-likeness (QED) is 0.0387. The molecule has 4 aromatic rings. The van der Waals surface area contributed by atoms with Gasteiger partial charge in [-0.1, -0.05) is 64.5 Å². The molecule has 57 heavy (non-hydrogen) atoms. The molecule has 2 atom stereocenters. The number of alkyl halides is 1. The number of carbonyl (C=O) groups excluding carboxylic acids is 4. The summed E-state index contributed by atoms with van der Waals surface area (Å²) in [5.41, 5.74) is 0.701. The number of halogens is 7. The summed E-state index contributed by atoms with van der Waals surface area (Å²) in [6, 6.07) is 11.6. The number of phenols is 1. The van der Waals surface area contributed by atoms with E-state index in [2.05, 4.69) is 59.4 Å². The van der Waals surface area contributed by atoms with Gasteiger partial charge >= 0.3 is 0 Å². The maximum atomic E-state index is 13.7. The lowest BCUT2D eigenvalue weighted by atomic mass is 10.0. The maximum Gasteiger partial charge on any atom is 0.254 e. The largest absolute Gasteiger partial charge is 0.503 e. The summed E-state index contributed by atoms with van der Waals surface area (Å²) in [5, 5.41) is 13.9. The summed E-state index contributed by atoms with van der Waals surface area (Å²) >= 11 is 12.0. The molecule has 2 aromatic carbocycles. The van der Waals surface area contributed by atoms with Crippen molar-refractivity contribution in [1.29, 1.82) is 0 Å². The van der Waals surface area contributed by atoms with Crippen molar-refractivity contribution in [3.63, 3.8) is 0 Å². The van der Waals surface area contributed by atoms with Crippen LogP contribution in [0.4, 0.5) is 17.6 Å². The SMILES string of the molecule is CCCCC[C@H](NC(=O)c1cccnc1Br)C(=O)CCl.CCCCC[C@H](NC(=O)c1cccnc1Br)C(=O)COc1c(F)cccc1F.Oc1c(F)cccc1F. The number of nitrogens with one attached hydrogen (secondary N) is 2. The van der Waals surface area contributed by atoms with Gasteiger partial charge in [0.2, 0.25) is 0 Å². The van der Waals surface area contributed by atoms with Crippen LogP contribution in [0.15, 0.2) is 82.3 Å². The van der Waals surface area contributed by atoms with Gasteiger partial charge in [-0.25, -0.2) is 27.5 Å². The molecule has 0 aliphatic heterocycles. The number of nitrogens with zero attached hydrogens (tertiary/aromatic N) is 2. The molecule has 0 saturated heterocycles. The summed E-state index contributed by atoms with van der Waals surface area (Å²) in [5.74, 6) is -6.67. The fourth-order valence-electron chi connectivity index (χ4n) is 4.85. The Morgan fingerprint density at radius 3 is 1.49 bits per heavy atom. The predicted octanol–water partition coefficient (Wildman–Crippen LogP) is 9.45. The van der Waals surface area contributed by atoms with Crippen molar-refractivity contribution in [1.82, 2.24) is 20.6 Å². The van der Waals surface area contributed by atoms with Crippen LogP contribution < -0.4 is 15.4 Å². The number of hydrogen-bond donors (Lipinski definition) is 3. The lowest BCUT2D eigenvalue weighted by Gasteiger charge is -2.18.